The lowest BCUT2D eigenvalue weighted by Crippen LogP contribution is -2.67. The molecule has 1 aliphatic rings. The second-order valence-corrected chi connectivity index (χ2v) is 4.53. The minimum atomic E-state index is -2.99. The summed E-state index contributed by atoms with van der Waals surface area (Å²) < 4.78 is 18.2. The zero-order chi connectivity index (χ0) is 15.9. The van der Waals surface area contributed by atoms with E-state index in [1.54, 1.807) is 0 Å². The van der Waals surface area contributed by atoms with Crippen LogP contribution in [0.1, 0.15) is 0 Å². The molecule has 1 saturated heterocycles. The summed E-state index contributed by atoms with van der Waals surface area (Å²) in [5.41, 5.74) is -2.69. The Bertz CT molecular complexity index is 643. The van der Waals surface area contributed by atoms with Crippen LogP contribution in [0.4, 0.5) is 4.39 Å². The van der Waals surface area contributed by atoms with Crippen molar-refractivity contribution in [2.24, 2.45) is 0 Å². The second kappa shape index (κ2) is 5.29. The molecule has 1 aliphatic heterocycles. The standard InChI is InChI=1S/C10H13FN2O8/c11-3-1-13(9(19)12-8(3)18)10(20)7(17)6(16)5(15)4(2-14)21-10/h1,4-7,14-17,20H,2H2,(H,12,18,19)/t4-,5-,6+,7+,10-/m1/s1. The number of halogens is 1. The molecule has 0 aromatic carbocycles. The highest BCUT2D eigenvalue weighted by molar-refractivity contribution is 4.98. The van der Waals surface area contributed by atoms with Crippen LogP contribution in [0.5, 0.6) is 0 Å². The molecule has 10 nitrogen and oxygen atoms in total. The number of rotatable bonds is 2. The van der Waals surface area contributed by atoms with E-state index in [2.05, 4.69) is 0 Å². The van der Waals surface area contributed by atoms with Gasteiger partial charge in [0, 0.05) is 0 Å². The maximum Gasteiger partial charge on any atom is 0.332 e. The predicted molar refractivity (Wildman–Crippen MR) is 61.5 cm³/mol. The van der Waals surface area contributed by atoms with Gasteiger partial charge in [0.05, 0.1) is 12.8 Å². The van der Waals surface area contributed by atoms with Crippen molar-refractivity contribution in [1.29, 1.82) is 0 Å². The van der Waals surface area contributed by atoms with Gasteiger partial charge in [-0.3, -0.25) is 9.78 Å². The van der Waals surface area contributed by atoms with Gasteiger partial charge in [0.25, 0.3) is 11.5 Å². The first kappa shape index (κ1) is 15.8. The summed E-state index contributed by atoms with van der Waals surface area (Å²) in [4.78, 5) is 24.1. The maximum atomic E-state index is 13.3. The number of nitrogens with one attached hydrogen (secondary N) is 1. The van der Waals surface area contributed by atoms with Gasteiger partial charge >= 0.3 is 5.69 Å². The first-order valence-corrected chi connectivity index (χ1v) is 5.79. The van der Waals surface area contributed by atoms with Crippen LogP contribution >= 0.6 is 0 Å². The first-order chi connectivity index (χ1) is 9.72. The monoisotopic (exact) mass is 308 g/mol. The molecule has 0 saturated carbocycles. The molecule has 0 radical (unpaired) electrons. The van der Waals surface area contributed by atoms with E-state index in [9.17, 15) is 34.4 Å². The molecule has 6 N–H and O–H groups in total. The highest BCUT2D eigenvalue weighted by Gasteiger charge is 2.54. The summed E-state index contributed by atoms with van der Waals surface area (Å²) >= 11 is 0. The van der Waals surface area contributed by atoms with Gasteiger partial charge in [0.1, 0.15) is 18.3 Å². The van der Waals surface area contributed by atoms with Gasteiger partial charge in [-0.15, -0.1) is 0 Å². The van der Waals surface area contributed by atoms with Crippen molar-refractivity contribution >= 4 is 0 Å². The fourth-order valence-electron chi connectivity index (χ4n) is 2.02. The van der Waals surface area contributed by atoms with Crippen LogP contribution in [-0.4, -0.2) is 66.1 Å². The average molecular weight is 308 g/mol. The molecule has 0 unspecified atom stereocenters. The Balaban J connectivity index is 2.57. The molecule has 2 rings (SSSR count). The van der Waals surface area contributed by atoms with Gasteiger partial charge in [0.2, 0.25) is 5.82 Å². The number of aromatic nitrogens is 2. The lowest BCUT2D eigenvalue weighted by molar-refractivity contribution is -0.392. The van der Waals surface area contributed by atoms with Crippen LogP contribution in [0.15, 0.2) is 15.8 Å². The summed E-state index contributed by atoms with van der Waals surface area (Å²) in [6, 6.07) is 0. The molecule has 0 aliphatic carbocycles. The number of hydrogen-bond donors (Lipinski definition) is 6. The smallest absolute Gasteiger partial charge is 0.332 e. The van der Waals surface area contributed by atoms with E-state index in [-0.39, 0.29) is 10.8 Å². The number of H-pyrrole nitrogens is 1. The van der Waals surface area contributed by atoms with E-state index in [1.807, 2.05) is 0 Å². The van der Waals surface area contributed by atoms with Crippen molar-refractivity contribution in [2.45, 2.75) is 30.3 Å². The summed E-state index contributed by atoms with van der Waals surface area (Å²) in [6.45, 7) is -0.867. The van der Waals surface area contributed by atoms with Crippen LogP contribution in [0, 0.1) is 5.82 Å². The third-order valence-electron chi connectivity index (χ3n) is 3.19. The molecule has 2 heterocycles. The average Bonchev–Trinajstić information content (AvgIpc) is 2.44. The van der Waals surface area contributed by atoms with E-state index in [0.29, 0.717) is 0 Å². The maximum absolute atomic E-state index is 13.3. The molecule has 1 fully saturated rings. The van der Waals surface area contributed by atoms with Gasteiger partial charge in [-0.25, -0.2) is 9.36 Å². The van der Waals surface area contributed by atoms with Crippen molar-refractivity contribution in [1.82, 2.24) is 9.55 Å². The predicted octanol–water partition coefficient (Wildman–Crippen LogP) is -4.25. The van der Waals surface area contributed by atoms with E-state index >= 15 is 0 Å². The SMILES string of the molecule is O=c1[nH]c(=O)n([C@]2(O)O[C@H](CO)[C@@H](O)[C@H](O)[C@@H]2O)cc1F. The molecule has 0 bridgehead atoms. The largest absolute Gasteiger partial charge is 0.394 e. The molecule has 118 valence electrons. The number of aliphatic hydroxyl groups excluding tert-OH is 4. The quantitative estimate of drug-likeness (QED) is 0.319. The number of aromatic amines is 1. The minimum absolute atomic E-state index is 0.103. The van der Waals surface area contributed by atoms with Gasteiger partial charge < -0.3 is 30.3 Å². The first-order valence-electron chi connectivity index (χ1n) is 5.79. The molecule has 5 atom stereocenters. The van der Waals surface area contributed by atoms with Crippen molar-refractivity contribution < 1.29 is 34.7 Å². The molecule has 0 spiro atoms. The Morgan fingerprint density at radius 3 is 2.52 bits per heavy atom. The number of aliphatic hydroxyl groups is 5. The Labute approximate surface area is 115 Å². The summed E-state index contributed by atoms with van der Waals surface area (Å²) in [5, 5.41) is 48.2. The Morgan fingerprint density at radius 2 is 1.95 bits per heavy atom. The molecule has 0 amide bonds. The molecule has 1 aromatic rings. The van der Waals surface area contributed by atoms with Gasteiger partial charge in [0.15, 0.2) is 6.10 Å². The molecular formula is C10H13FN2O8. The zero-order valence-corrected chi connectivity index (χ0v) is 10.4. The Kier molecular flexibility index (Phi) is 3.97. The third kappa shape index (κ3) is 2.39. The van der Waals surface area contributed by atoms with Crippen molar-refractivity contribution in [2.75, 3.05) is 6.61 Å². The molecule has 11 heteroatoms. The fraction of sp³-hybridized carbons (Fsp3) is 0.600. The number of nitrogens with zero attached hydrogens (tertiary/aromatic N) is 1. The summed E-state index contributed by atoms with van der Waals surface area (Å²) in [7, 11) is 0. The lowest BCUT2D eigenvalue weighted by atomic mass is 9.96. The normalized spacial score (nSPS) is 36.7. The van der Waals surface area contributed by atoms with E-state index < -0.39 is 54.0 Å². The van der Waals surface area contributed by atoms with Crippen LogP contribution in [0.2, 0.25) is 0 Å². The highest BCUT2D eigenvalue weighted by atomic mass is 19.1. The van der Waals surface area contributed by atoms with Crippen LogP contribution in [0.25, 0.3) is 0 Å². The van der Waals surface area contributed by atoms with Gasteiger partial charge in [-0.1, -0.05) is 0 Å². The third-order valence-corrected chi connectivity index (χ3v) is 3.19. The Morgan fingerprint density at radius 1 is 1.33 bits per heavy atom. The zero-order valence-electron chi connectivity index (χ0n) is 10.4. The van der Waals surface area contributed by atoms with Crippen LogP contribution in [0.3, 0.4) is 0 Å². The summed E-state index contributed by atoms with van der Waals surface area (Å²) in [5.74, 6) is -4.45. The molecule has 21 heavy (non-hydrogen) atoms. The van der Waals surface area contributed by atoms with E-state index in [1.165, 1.54) is 4.98 Å². The second-order valence-electron chi connectivity index (χ2n) is 4.53. The van der Waals surface area contributed by atoms with Crippen LogP contribution in [-0.2, 0) is 10.6 Å². The minimum Gasteiger partial charge on any atom is -0.394 e. The highest BCUT2D eigenvalue weighted by Crippen LogP contribution is 2.30. The number of hydrogen-bond acceptors (Lipinski definition) is 8. The number of ether oxygens (including phenoxy) is 1. The van der Waals surface area contributed by atoms with Crippen molar-refractivity contribution in [3.8, 4) is 0 Å². The summed E-state index contributed by atoms with van der Waals surface area (Å²) in [6.07, 6.45) is -7.30. The fourth-order valence-corrected chi connectivity index (χ4v) is 2.02. The Hall–Kier alpha value is -1.63. The topological polar surface area (TPSA) is 165 Å². The van der Waals surface area contributed by atoms with Crippen molar-refractivity contribution in [3.63, 3.8) is 0 Å². The molecular weight excluding hydrogens is 295 g/mol. The molecule has 1 aromatic heterocycles. The van der Waals surface area contributed by atoms with Gasteiger partial charge in [-0.2, -0.15) is 4.39 Å². The van der Waals surface area contributed by atoms with E-state index in [0.717, 1.165) is 0 Å². The van der Waals surface area contributed by atoms with Crippen molar-refractivity contribution in [3.05, 3.63) is 32.9 Å². The lowest BCUT2D eigenvalue weighted by Gasteiger charge is -2.45. The van der Waals surface area contributed by atoms with Crippen LogP contribution < -0.4 is 11.2 Å². The van der Waals surface area contributed by atoms with E-state index in [4.69, 9.17) is 9.84 Å². The van der Waals surface area contributed by atoms with Gasteiger partial charge in [-0.05, 0) is 0 Å².